The fourth-order valence-corrected chi connectivity index (χ4v) is 7.51. The van der Waals surface area contributed by atoms with Crippen LogP contribution in [0.25, 0.3) is 10.9 Å². The smallest absolute Gasteiger partial charge is 0.250 e. The average Bonchev–Trinajstić information content (AvgIpc) is 3.86. The first-order chi connectivity index (χ1) is 20.1. The maximum absolute atomic E-state index is 14.5. The van der Waals surface area contributed by atoms with Gasteiger partial charge in [0.2, 0.25) is 5.91 Å². The first-order valence-corrected chi connectivity index (χ1v) is 15.2. The largest absolute Gasteiger partial charge is 0.497 e. The summed E-state index contributed by atoms with van der Waals surface area (Å²) in [5.41, 5.74) is 3.35. The molecule has 0 radical (unpaired) electrons. The number of carbonyl (C=O) groups is 2. The minimum atomic E-state index is -0.902. The van der Waals surface area contributed by atoms with Crippen molar-refractivity contribution in [2.45, 2.75) is 70.4 Å². The van der Waals surface area contributed by atoms with Crippen LogP contribution in [0.1, 0.15) is 63.1 Å². The summed E-state index contributed by atoms with van der Waals surface area (Å²) in [6.45, 7) is 8.23. The minimum absolute atomic E-state index is 0.000723. The van der Waals surface area contributed by atoms with Gasteiger partial charge in [0.15, 0.2) is 0 Å². The number of aromatic nitrogens is 1. The average molecular weight is 573 g/mol. The van der Waals surface area contributed by atoms with Crippen LogP contribution in [0.15, 0.2) is 42.5 Å². The van der Waals surface area contributed by atoms with Gasteiger partial charge in [0.1, 0.15) is 17.0 Å². The van der Waals surface area contributed by atoms with Gasteiger partial charge >= 0.3 is 0 Å². The first-order valence-electron chi connectivity index (χ1n) is 15.2. The molecule has 2 N–H and O–H groups in total. The predicted molar refractivity (Wildman–Crippen MR) is 165 cm³/mol. The molecule has 2 heterocycles. The topological polar surface area (TPSA) is 86.9 Å². The van der Waals surface area contributed by atoms with Gasteiger partial charge in [0.05, 0.1) is 19.9 Å². The number of aryl methyl sites for hydroxylation is 1. The van der Waals surface area contributed by atoms with E-state index in [9.17, 15) is 9.59 Å². The van der Waals surface area contributed by atoms with Gasteiger partial charge in [-0.25, -0.2) is 0 Å². The highest BCUT2D eigenvalue weighted by Gasteiger charge is 2.61. The summed E-state index contributed by atoms with van der Waals surface area (Å²) in [6.07, 6.45) is 3.55. The molecule has 2 atom stereocenters. The van der Waals surface area contributed by atoms with Gasteiger partial charge in [-0.1, -0.05) is 32.0 Å². The molecule has 8 heteroatoms. The van der Waals surface area contributed by atoms with Crippen LogP contribution in [-0.4, -0.2) is 72.5 Å². The Morgan fingerprint density at radius 3 is 2.45 bits per heavy atom. The van der Waals surface area contributed by atoms with Crippen molar-refractivity contribution in [2.75, 3.05) is 39.7 Å². The number of anilines is 1. The van der Waals surface area contributed by atoms with E-state index in [0.717, 1.165) is 31.4 Å². The molecule has 3 aromatic rings. The summed E-state index contributed by atoms with van der Waals surface area (Å²) < 4.78 is 10.9. The highest BCUT2D eigenvalue weighted by atomic mass is 16.5. The lowest BCUT2D eigenvalue weighted by Crippen LogP contribution is -2.64. The second kappa shape index (κ2) is 10.6. The molecule has 0 bridgehead atoms. The van der Waals surface area contributed by atoms with E-state index in [-0.39, 0.29) is 29.2 Å². The van der Waals surface area contributed by atoms with E-state index < -0.39 is 5.54 Å². The number of ether oxygens (including phenoxy) is 2. The molecule has 2 saturated carbocycles. The van der Waals surface area contributed by atoms with Crippen molar-refractivity contribution in [3.63, 3.8) is 0 Å². The first kappa shape index (κ1) is 28.6. The highest BCUT2D eigenvalue weighted by Crippen LogP contribution is 2.67. The molecule has 1 saturated heterocycles. The summed E-state index contributed by atoms with van der Waals surface area (Å²) >= 11 is 0. The highest BCUT2D eigenvalue weighted by molar-refractivity contribution is 6.02. The zero-order chi connectivity index (χ0) is 29.8. The number of aromatic amines is 1. The molecule has 1 aliphatic heterocycles. The van der Waals surface area contributed by atoms with E-state index in [1.165, 1.54) is 16.6 Å². The number of methoxy groups -OCH3 is 2. The molecule has 224 valence electrons. The van der Waals surface area contributed by atoms with Crippen molar-refractivity contribution in [3.8, 4) is 11.5 Å². The number of amides is 2. The zero-order valence-electron chi connectivity index (χ0n) is 25.8. The second-order valence-corrected chi connectivity index (χ2v) is 13.2. The maximum Gasteiger partial charge on any atom is 0.250 e. The number of benzene rings is 2. The molecule has 1 aromatic heterocycles. The van der Waals surface area contributed by atoms with E-state index in [0.29, 0.717) is 42.4 Å². The van der Waals surface area contributed by atoms with Crippen molar-refractivity contribution >= 4 is 28.4 Å². The minimum Gasteiger partial charge on any atom is -0.497 e. The monoisotopic (exact) mass is 572 g/mol. The summed E-state index contributed by atoms with van der Waals surface area (Å²) in [6, 6.07) is 13.9. The van der Waals surface area contributed by atoms with Gasteiger partial charge in [-0.3, -0.25) is 9.59 Å². The van der Waals surface area contributed by atoms with Crippen molar-refractivity contribution in [1.82, 2.24) is 14.8 Å². The third-order valence-corrected chi connectivity index (χ3v) is 10.2. The van der Waals surface area contributed by atoms with Crippen molar-refractivity contribution in [2.24, 2.45) is 11.3 Å². The molecule has 0 spiro atoms. The fraction of sp³-hybridized carbons (Fsp3) is 0.529. The van der Waals surface area contributed by atoms with Crippen molar-refractivity contribution in [1.29, 1.82) is 0 Å². The number of piperidine rings is 1. The second-order valence-electron chi connectivity index (χ2n) is 13.2. The quantitative estimate of drug-likeness (QED) is 0.343. The Hall–Kier alpha value is -3.52. The van der Waals surface area contributed by atoms with Gasteiger partial charge < -0.3 is 29.6 Å². The number of nitrogens with one attached hydrogen (secondary N) is 2. The summed E-state index contributed by atoms with van der Waals surface area (Å²) in [5.74, 6) is 1.68. The molecule has 42 heavy (non-hydrogen) atoms. The van der Waals surface area contributed by atoms with E-state index in [1.54, 1.807) is 20.3 Å². The van der Waals surface area contributed by atoms with E-state index in [4.69, 9.17) is 9.47 Å². The molecule has 2 aromatic carbocycles. The third kappa shape index (κ3) is 4.83. The Balaban J connectivity index is 1.29. The Kier molecular flexibility index (Phi) is 7.24. The lowest BCUT2D eigenvalue weighted by Gasteiger charge is -2.47. The molecular weight excluding hydrogens is 528 g/mol. The van der Waals surface area contributed by atoms with Crippen LogP contribution < -0.4 is 14.8 Å². The lowest BCUT2D eigenvalue weighted by molar-refractivity contribution is -0.150. The Morgan fingerprint density at radius 2 is 1.79 bits per heavy atom. The Morgan fingerprint density at radius 1 is 1.07 bits per heavy atom. The number of H-pyrrole nitrogens is 1. The predicted octanol–water partition coefficient (Wildman–Crippen LogP) is 5.72. The van der Waals surface area contributed by atoms with Crippen LogP contribution in [0.4, 0.5) is 5.69 Å². The summed E-state index contributed by atoms with van der Waals surface area (Å²) in [7, 11) is 5.27. The van der Waals surface area contributed by atoms with E-state index in [1.807, 2.05) is 17.0 Å². The number of hydrogen-bond donors (Lipinski definition) is 2. The SMILES string of the molecule is COc1ccc(NC(=O)C2(N(C(=O)C[C@@H]3[C@H](c4c(C)[nH]c5ccccc45)C3(C)C)C3CC3)CCN(C)CC2)c(OC)c1. The number of nitrogens with zero attached hydrogens (tertiary/aromatic N) is 2. The van der Waals surface area contributed by atoms with Gasteiger partial charge in [-0.15, -0.1) is 0 Å². The van der Waals surface area contributed by atoms with E-state index >= 15 is 0 Å². The number of para-hydroxylation sites is 1. The standard InChI is InChI=1S/C34H44N4O4/c1-21-30(24-9-7-8-10-26(24)35-21)31-25(33(31,2)3)20-29(39)38(22-11-12-22)34(15-17-37(4)18-16-34)32(40)36-27-14-13-23(41-5)19-28(27)42-6/h7-10,13-14,19,22,25,31,35H,11-12,15-18,20H2,1-6H3,(H,36,40)/t25-,31-/m1/s1. The van der Waals surface area contributed by atoms with Gasteiger partial charge in [-0.2, -0.15) is 0 Å². The Bertz CT molecular complexity index is 1500. The number of fused-ring (bicyclic) bond motifs is 1. The zero-order valence-corrected chi connectivity index (χ0v) is 25.8. The van der Waals surface area contributed by atoms with Gasteiger partial charge in [-0.05, 0) is 80.7 Å². The molecule has 8 nitrogen and oxygen atoms in total. The number of rotatable bonds is 9. The van der Waals surface area contributed by atoms with Crippen LogP contribution in [0, 0.1) is 18.3 Å². The summed E-state index contributed by atoms with van der Waals surface area (Å²) in [4.78, 5) is 36.6. The van der Waals surface area contributed by atoms with E-state index in [2.05, 4.69) is 67.3 Å². The molecule has 6 rings (SSSR count). The lowest BCUT2D eigenvalue weighted by atomic mass is 9.83. The van der Waals surface area contributed by atoms with Crippen LogP contribution >= 0.6 is 0 Å². The molecule has 0 unspecified atom stereocenters. The number of likely N-dealkylation sites (tertiary alicyclic amines) is 1. The van der Waals surface area contributed by atoms with Gasteiger partial charge in [0.25, 0.3) is 5.91 Å². The van der Waals surface area contributed by atoms with Crippen LogP contribution in [0.2, 0.25) is 0 Å². The molecule has 2 aliphatic carbocycles. The molecule has 3 aliphatic rings. The molecular formula is C34H44N4O4. The van der Waals surface area contributed by atoms with Crippen LogP contribution in [0.3, 0.4) is 0 Å². The normalized spacial score (nSPS) is 22.9. The van der Waals surface area contributed by atoms with Crippen LogP contribution in [-0.2, 0) is 9.59 Å². The summed E-state index contributed by atoms with van der Waals surface area (Å²) in [5, 5.41) is 4.42. The molecule has 2 amide bonds. The molecule has 3 fully saturated rings. The number of carbonyl (C=O) groups excluding carboxylic acids is 2. The van der Waals surface area contributed by atoms with Crippen molar-refractivity contribution < 1.29 is 19.1 Å². The fourth-order valence-electron chi connectivity index (χ4n) is 7.51. The Labute approximate surface area is 248 Å². The third-order valence-electron chi connectivity index (χ3n) is 10.2. The maximum atomic E-state index is 14.5. The van der Waals surface area contributed by atoms with Gasteiger partial charge in [0, 0.05) is 48.2 Å². The van der Waals surface area contributed by atoms with Crippen LogP contribution in [0.5, 0.6) is 11.5 Å². The number of hydrogen-bond acceptors (Lipinski definition) is 5. The van der Waals surface area contributed by atoms with Crippen molar-refractivity contribution in [3.05, 3.63) is 53.7 Å².